The average molecular weight is 870 g/mol. The van der Waals surface area contributed by atoms with E-state index in [-0.39, 0.29) is 24.9 Å². The highest BCUT2D eigenvalue weighted by Crippen LogP contribution is 2.18. The van der Waals surface area contributed by atoms with Crippen LogP contribution in [0.5, 0.6) is 0 Å². The third kappa shape index (κ3) is 44.4. The normalized spacial score (nSPS) is 13.6. The summed E-state index contributed by atoms with van der Waals surface area (Å²) >= 11 is 0. The predicted octanol–water partition coefficient (Wildman–Crippen LogP) is 16.2. The molecule has 0 heterocycles. The number of hydrogen-bond donors (Lipinski definition) is 3. The molecule has 0 radical (unpaired) electrons. The maximum absolute atomic E-state index is 13.2. The molecular formula is C56H103NO5. The van der Waals surface area contributed by atoms with E-state index in [1.165, 1.54) is 154 Å². The molecule has 3 unspecified atom stereocenters. The third-order valence-corrected chi connectivity index (χ3v) is 12.3. The molecule has 3 N–H and O–H groups in total. The Kier molecular flexibility index (Phi) is 48.1. The van der Waals surface area contributed by atoms with Gasteiger partial charge in [-0.25, -0.2) is 0 Å². The molecule has 6 nitrogen and oxygen atoms in total. The van der Waals surface area contributed by atoms with Crippen molar-refractivity contribution in [3.05, 3.63) is 48.6 Å². The van der Waals surface area contributed by atoms with Crippen molar-refractivity contribution in [1.29, 1.82) is 0 Å². The van der Waals surface area contributed by atoms with Crippen LogP contribution in [0.15, 0.2) is 48.6 Å². The minimum atomic E-state index is -0.791. The first kappa shape index (κ1) is 59.8. The fourth-order valence-electron chi connectivity index (χ4n) is 8.21. The molecule has 0 spiro atoms. The van der Waals surface area contributed by atoms with E-state index in [1.807, 2.05) is 18.2 Å². The van der Waals surface area contributed by atoms with E-state index < -0.39 is 18.2 Å². The summed E-state index contributed by atoms with van der Waals surface area (Å²) in [6.45, 7) is 6.36. The molecule has 0 aromatic heterocycles. The number of esters is 1. The second-order valence-corrected chi connectivity index (χ2v) is 18.4. The summed E-state index contributed by atoms with van der Waals surface area (Å²) < 4.78 is 5.93. The number of ether oxygens (including phenoxy) is 1. The summed E-state index contributed by atoms with van der Waals surface area (Å²) in [6.07, 6.45) is 60.2. The molecule has 0 aliphatic rings. The van der Waals surface area contributed by atoms with E-state index in [1.54, 1.807) is 0 Å². The number of aliphatic hydroxyl groups excluding tert-OH is 2. The monoisotopic (exact) mass is 870 g/mol. The Bertz CT molecular complexity index is 1070. The lowest BCUT2D eigenvalue weighted by atomic mass is 10.0. The van der Waals surface area contributed by atoms with Gasteiger partial charge in [-0.3, -0.25) is 9.59 Å². The van der Waals surface area contributed by atoms with Crippen LogP contribution in [-0.4, -0.2) is 46.9 Å². The van der Waals surface area contributed by atoms with Gasteiger partial charge in [0.2, 0.25) is 5.91 Å². The number of carbonyl (C=O) groups excluding carboxylic acids is 2. The average Bonchev–Trinajstić information content (AvgIpc) is 3.26. The van der Waals surface area contributed by atoms with Crippen LogP contribution in [0.25, 0.3) is 0 Å². The zero-order valence-corrected chi connectivity index (χ0v) is 41.3. The Morgan fingerprint density at radius 1 is 0.484 bits per heavy atom. The van der Waals surface area contributed by atoms with Gasteiger partial charge in [0, 0.05) is 6.42 Å². The summed E-state index contributed by atoms with van der Waals surface area (Å²) in [5, 5.41) is 23.8. The SMILES string of the molecule is CC/C=C/C=C/C=C/C=C\CCCCCCCC(=O)OC(CCCCCCCCCCCCCC)CC(=O)NC(CO)C(O)CCCCCCCCCCCCCCCCCC. The molecule has 0 aromatic carbocycles. The molecule has 0 bridgehead atoms. The predicted molar refractivity (Wildman–Crippen MR) is 269 cm³/mol. The first-order valence-corrected chi connectivity index (χ1v) is 26.9. The Morgan fingerprint density at radius 3 is 1.32 bits per heavy atom. The number of aliphatic hydroxyl groups is 2. The van der Waals surface area contributed by atoms with Crippen LogP contribution in [0.3, 0.4) is 0 Å². The van der Waals surface area contributed by atoms with Crippen molar-refractivity contribution < 1.29 is 24.5 Å². The number of amides is 1. The standard InChI is InChI=1S/C56H103NO5/c1-4-7-10-13-16-19-22-25-27-29-30-33-36-39-42-45-48-54(59)53(51-58)57-55(60)50-52(47-44-41-38-35-32-24-21-18-15-12-9-6-3)62-56(61)49-46-43-40-37-34-31-28-26-23-20-17-14-11-8-5-2/h8,11,14,17,20,23,26,28,52-54,58-59H,4-7,9-10,12-13,15-16,18-19,21-22,24-25,27,29-51H2,1-3H3,(H,57,60)/b11-8+,17-14+,23-20+,28-26-. The maximum Gasteiger partial charge on any atom is 0.306 e. The van der Waals surface area contributed by atoms with Gasteiger partial charge in [0.15, 0.2) is 0 Å². The van der Waals surface area contributed by atoms with Crippen molar-refractivity contribution in [2.45, 2.75) is 289 Å². The molecule has 3 atom stereocenters. The Labute approximate surface area is 385 Å². The summed E-state index contributed by atoms with van der Waals surface area (Å²) in [7, 11) is 0. The van der Waals surface area contributed by atoms with E-state index in [0.29, 0.717) is 19.3 Å². The lowest BCUT2D eigenvalue weighted by Gasteiger charge is -2.24. The molecule has 0 saturated heterocycles. The molecule has 0 aliphatic carbocycles. The van der Waals surface area contributed by atoms with Gasteiger partial charge in [0.1, 0.15) is 6.10 Å². The highest BCUT2D eigenvalue weighted by Gasteiger charge is 2.24. The lowest BCUT2D eigenvalue weighted by molar-refractivity contribution is -0.151. The van der Waals surface area contributed by atoms with Gasteiger partial charge < -0.3 is 20.3 Å². The van der Waals surface area contributed by atoms with E-state index in [4.69, 9.17) is 4.74 Å². The van der Waals surface area contributed by atoms with Crippen molar-refractivity contribution in [2.75, 3.05) is 6.61 Å². The van der Waals surface area contributed by atoms with Gasteiger partial charge in [-0.05, 0) is 44.9 Å². The van der Waals surface area contributed by atoms with E-state index in [9.17, 15) is 19.8 Å². The third-order valence-electron chi connectivity index (χ3n) is 12.3. The van der Waals surface area contributed by atoms with Gasteiger partial charge in [0.25, 0.3) is 0 Å². The van der Waals surface area contributed by atoms with Crippen LogP contribution in [0.2, 0.25) is 0 Å². The van der Waals surface area contributed by atoms with Crippen LogP contribution in [-0.2, 0) is 14.3 Å². The Hall–Kier alpha value is -2.18. The maximum atomic E-state index is 13.2. The van der Waals surface area contributed by atoms with Gasteiger partial charge in [-0.15, -0.1) is 0 Å². The van der Waals surface area contributed by atoms with Crippen molar-refractivity contribution >= 4 is 11.9 Å². The van der Waals surface area contributed by atoms with Crippen molar-refractivity contribution in [1.82, 2.24) is 5.32 Å². The smallest absolute Gasteiger partial charge is 0.306 e. The van der Waals surface area contributed by atoms with Crippen LogP contribution in [0, 0.1) is 0 Å². The molecular weight excluding hydrogens is 767 g/mol. The zero-order valence-electron chi connectivity index (χ0n) is 41.3. The van der Waals surface area contributed by atoms with E-state index >= 15 is 0 Å². The van der Waals surface area contributed by atoms with Crippen LogP contribution in [0.4, 0.5) is 0 Å². The number of unbranched alkanes of at least 4 members (excludes halogenated alkanes) is 31. The fraction of sp³-hybridized carbons (Fsp3) is 0.821. The number of nitrogens with one attached hydrogen (secondary N) is 1. The second-order valence-electron chi connectivity index (χ2n) is 18.4. The first-order chi connectivity index (χ1) is 30.5. The molecule has 362 valence electrons. The largest absolute Gasteiger partial charge is 0.462 e. The van der Waals surface area contributed by atoms with Gasteiger partial charge in [-0.1, -0.05) is 262 Å². The Morgan fingerprint density at radius 2 is 0.871 bits per heavy atom. The van der Waals surface area contributed by atoms with Crippen molar-refractivity contribution in [3.8, 4) is 0 Å². The second kappa shape index (κ2) is 49.8. The fourth-order valence-corrected chi connectivity index (χ4v) is 8.21. The molecule has 0 aromatic rings. The van der Waals surface area contributed by atoms with Gasteiger partial charge in [0.05, 0.1) is 25.2 Å². The lowest BCUT2D eigenvalue weighted by Crippen LogP contribution is -2.46. The van der Waals surface area contributed by atoms with Gasteiger partial charge >= 0.3 is 5.97 Å². The minimum Gasteiger partial charge on any atom is -0.462 e. The van der Waals surface area contributed by atoms with Crippen LogP contribution in [0.1, 0.15) is 271 Å². The Balaban J connectivity index is 4.53. The summed E-state index contributed by atoms with van der Waals surface area (Å²) in [4.78, 5) is 26.2. The molecule has 1 amide bonds. The molecule has 62 heavy (non-hydrogen) atoms. The van der Waals surface area contributed by atoms with Crippen molar-refractivity contribution in [3.63, 3.8) is 0 Å². The first-order valence-electron chi connectivity index (χ1n) is 26.9. The topological polar surface area (TPSA) is 95.9 Å². The number of carbonyl (C=O) groups is 2. The van der Waals surface area contributed by atoms with E-state index in [0.717, 1.165) is 70.6 Å². The van der Waals surface area contributed by atoms with Gasteiger partial charge in [-0.2, -0.15) is 0 Å². The number of rotatable bonds is 48. The number of hydrogen-bond acceptors (Lipinski definition) is 5. The summed E-state index contributed by atoms with van der Waals surface area (Å²) in [5.74, 6) is -0.491. The highest BCUT2D eigenvalue weighted by atomic mass is 16.5. The van der Waals surface area contributed by atoms with Crippen molar-refractivity contribution in [2.24, 2.45) is 0 Å². The quantitative estimate of drug-likeness (QED) is 0.0322. The van der Waals surface area contributed by atoms with E-state index in [2.05, 4.69) is 56.5 Å². The number of allylic oxidation sites excluding steroid dienone is 8. The van der Waals surface area contributed by atoms with Crippen LogP contribution >= 0.6 is 0 Å². The highest BCUT2D eigenvalue weighted by molar-refractivity contribution is 5.77. The zero-order chi connectivity index (χ0) is 45.2. The van der Waals surface area contributed by atoms with Crippen LogP contribution < -0.4 is 5.32 Å². The molecule has 0 fully saturated rings. The molecule has 0 saturated carbocycles. The summed E-state index contributed by atoms with van der Waals surface area (Å²) in [5.41, 5.74) is 0. The molecule has 0 aliphatic heterocycles. The summed E-state index contributed by atoms with van der Waals surface area (Å²) in [6, 6.07) is -0.705. The molecule has 6 heteroatoms. The molecule has 0 rings (SSSR count). The minimum absolute atomic E-state index is 0.0704.